The minimum Gasteiger partial charge on any atom is -0.486 e. The van der Waals surface area contributed by atoms with Gasteiger partial charge in [0.2, 0.25) is 10.0 Å². The van der Waals surface area contributed by atoms with Crippen molar-refractivity contribution in [3.05, 3.63) is 58.1 Å². The van der Waals surface area contributed by atoms with Crippen LogP contribution in [0.1, 0.15) is 5.56 Å². The summed E-state index contributed by atoms with van der Waals surface area (Å²) in [5, 5.41) is 0.722. The van der Waals surface area contributed by atoms with Gasteiger partial charge < -0.3 is 9.47 Å². The Hall–Kier alpha value is -1.47. The summed E-state index contributed by atoms with van der Waals surface area (Å²) in [5.74, 6) is 1.12. The number of sulfonamides is 1. The second kappa shape index (κ2) is 7.41. The van der Waals surface area contributed by atoms with Crippen LogP contribution >= 0.6 is 23.2 Å². The van der Waals surface area contributed by atoms with Crippen molar-refractivity contribution in [3.8, 4) is 11.5 Å². The minimum absolute atomic E-state index is 0.162. The summed E-state index contributed by atoms with van der Waals surface area (Å²) in [5.41, 5.74) is 0.576. The molecule has 2 aromatic carbocycles. The molecule has 2 aromatic rings. The molecule has 8 heteroatoms. The summed E-state index contributed by atoms with van der Waals surface area (Å²) in [7, 11) is -2.00. The molecule has 1 unspecified atom stereocenters. The molecule has 0 fully saturated rings. The molecule has 5 nitrogen and oxygen atoms in total. The Kier molecular flexibility index (Phi) is 5.43. The maximum absolute atomic E-state index is 12.6. The first kappa shape index (κ1) is 18.3. The average molecular weight is 402 g/mol. The number of para-hydroxylation sites is 2. The Morgan fingerprint density at radius 2 is 1.84 bits per heavy atom. The van der Waals surface area contributed by atoms with Gasteiger partial charge in [0.05, 0.1) is 22.3 Å². The van der Waals surface area contributed by atoms with Crippen LogP contribution in [0.4, 0.5) is 0 Å². The van der Waals surface area contributed by atoms with Crippen molar-refractivity contribution in [2.24, 2.45) is 0 Å². The molecule has 3 rings (SSSR count). The number of ether oxygens (including phenoxy) is 2. The fourth-order valence-corrected chi connectivity index (χ4v) is 4.04. The molecule has 0 amide bonds. The lowest BCUT2D eigenvalue weighted by atomic mass is 10.2. The Morgan fingerprint density at radius 1 is 1.12 bits per heavy atom. The van der Waals surface area contributed by atoms with Gasteiger partial charge in [0, 0.05) is 7.05 Å². The summed E-state index contributed by atoms with van der Waals surface area (Å²) < 4.78 is 37.8. The van der Waals surface area contributed by atoms with Crippen molar-refractivity contribution in [2.45, 2.75) is 11.9 Å². The normalized spacial score (nSPS) is 16.9. The highest BCUT2D eigenvalue weighted by molar-refractivity contribution is 7.88. The fourth-order valence-electron chi connectivity index (χ4n) is 2.50. The van der Waals surface area contributed by atoms with Crippen LogP contribution in [0, 0.1) is 0 Å². The fraction of sp³-hybridized carbons (Fsp3) is 0.294. The maximum Gasteiger partial charge on any atom is 0.218 e. The molecule has 0 aromatic heterocycles. The van der Waals surface area contributed by atoms with Gasteiger partial charge in [-0.3, -0.25) is 0 Å². The SMILES string of the molecule is CN(CC1COc2ccccc2O1)S(=O)(=O)Cc1ccc(Cl)c(Cl)c1. The van der Waals surface area contributed by atoms with E-state index in [4.69, 9.17) is 32.7 Å². The van der Waals surface area contributed by atoms with Crippen molar-refractivity contribution in [3.63, 3.8) is 0 Å². The van der Waals surface area contributed by atoms with E-state index in [9.17, 15) is 8.42 Å². The lowest BCUT2D eigenvalue weighted by Gasteiger charge is -2.29. The molecule has 1 heterocycles. The first-order valence-electron chi connectivity index (χ1n) is 7.61. The van der Waals surface area contributed by atoms with Crippen LogP contribution in [0.3, 0.4) is 0 Å². The van der Waals surface area contributed by atoms with E-state index in [0.29, 0.717) is 33.7 Å². The summed E-state index contributed by atoms with van der Waals surface area (Å²) in [6.07, 6.45) is -0.372. The number of rotatable bonds is 5. The van der Waals surface area contributed by atoms with E-state index >= 15 is 0 Å². The zero-order chi connectivity index (χ0) is 18.0. The molecule has 1 atom stereocenters. The molecule has 0 bridgehead atoms. The third-order valence-corrected chi connectivity index (χ3v) is 6.37. The first-order valence-corrected chi connectivity index (χ1v) is 9.98. The van der Waals surface area contributed by atoms with Gasteiger partial charge in [0.15, 0.2) is 11.5 Å². The van der Waals surface area contributed by atoms with E-state index < -0.39 is 10.0 Å². The van der Waals surface area contributed by atoms with Crippen molar-refractivity contribution >= 4 is 33.2 Å². The predicted octanol–water partition coefficient (Wildman–Crippen LogP) is 3.60. The molecular weight excluding hydrogens is 385 g/mol. The summed E-state index contributed by atoms with van der Waals surface area (Å²) in [4.78, 5) is 0. The number of fused-ring (bicyclic) bond motifs is 1. The lowest BCUT2D eigenvalue weighted by molar-refractivity contribution is 0.0798. The zero-order valence-electron chi connectivity index (χ0n) is 13.5. The van der Waals surface area contributed by atoms with Crippen LogP contribution in [0.15, 0.2) is 42.5 Å². The van der Waals surface area contributed by atoms with E-state index in [1.807, 2.05) is 18.2 Å². The molecule has 0 N–H and O–H groups in total. The zero-order valence-corrected chi connectivity index (χ0v) is 15.8. The van der Waals surface area contributed by atoms with Crippen molar-refractivity contribution in [2.75, 3.05) is 20.2 Å². The van der Waals surface area contributed by atoms with E-state index in [1.54, 1.807) is 24.3 Å². The van der Waals surface area contributed by atoms with Crippen LogP contribution in [0.5, 0.6) is 11.5 Å². The minimum atomic E-state index is -3.52. The van der Waals surface area contributed by atoms with Gasteiger partial charge >= 0.3 is 0 Å². The Balaban J connectivity index is 1.66. The third kappa shape index (κ3) is 4.39. The third-order valence-electron chi connectivity index (χ3n) is 3.84. The van der Waals surface area contributed by atoms with Crippen LogP contribution in [0.2, 0.25) is 10.0 Å². The molecule has 0 aliphatic carbocycles. The summed E-state index contributed by atoms with van der Waals surface area (Å²) in [6, 6.07) is 12.1. The molecular formula is C17H17Cl2NO4S. The summed E-state index contributed by atoms with van der Waals surface area (Å²) in [6.45, 7) is 0.488. The van der Waals surface area contributed by atoms with Crippen LogP contribution < -0.4 is 9.47 Å². The number of hydrogen-bond acceptors (Lipinski definition) is 4. The Bertz CT molecular complexity index is 873. The van der Waals surface area contributed by atoms with Gasteiger partial charge in [-0.1, -0.05) is 41.4 Å². The van der Waals surface area contributed by atoms with E-state index in [-0.39, 0.29) is 18.4 Å². The van der Waals surface area contributed by atoms with Crippen molar-refractivity contribution in [1.29, 1.82) is 0 Å². The summed E-state index contributed by atoms with van der Waals surface area (Å²) >= 11 is 11.8. The molecule has 0 saturated heterocycles. The maximum atomic E-state index is 12.6. The Labute approximate surface area is 157 Å². The standard InChI is InChI=1S/C17H17Cl2NO4S/c1-20(9-13-10-23-16-4-2-3-5-17(16)24-13)25(21,22)11-12-6-7-14(18)15(19)8-12/h2-8,13H,9-11H2,1H3. The van der Waals surface area contributed by atoms with Gasteiger partial charge in [-0.15, -0.1) is 0 Å². The highest BCUT2D eigenvalue weighted by atomic mass is 35.5. The van der Waals surface area contributed by atoms with E-state index in [0.717, 1.165) is 0 Å². The Morgan fingerprint density at radius 3 is 2.56 bits per heavy atom. The van der Waals surface area contributed by atoms with Crippen LogP contribution in [-0.4, -0.2) is 39.0 Å². The molecule has 1 aliphatic rings. The van der Waals surface area contributed by atoms with Gasteiger partial charge in [-0.2, -0.15) is 0 Å². The molecule has 0 spiro atoms. The second-order valence-corrected chi connectivity index (χ2v) is 8.67. The largest absolute Gasteiger partial charge is 0.486 e. The van der Waals surface area contributed by atoms with Gasteiger partial charge in [0.1, 0.15) is 12.7 Å². The quantitative estimate of drug-likeness (QED) is 0.767. The van der Waals surface area contributed by atoms with Gasteiger partial charge in [-0.25, -0.2) is 12.7 Å². The smallest absolute Gasteiger partial charge is 0.218 e. The average Bonchev–Trinajstić information content (AvgIpc) is 2.58. The van der Waals surface area contributed by atoms with Crippen molar-refractivity contribution in [1.82, 2.24) is 4.31 Å². The first-order chi connectivity index (χ1) is 11.8. The lowest BCUT2D eigenvalue weighted by Crippen LogP contribution is -2.42. The number of likely N-dealkylation sites (N-methyl/N-ethyl adjacent to an activating group) is 1. The second-order valence-electron chi connectivity index (χ2n) is 5.78. The van der Waals surface area contributed by atoms with Gasteiger partial charge in [0.25, 0.3) is 0 Å². The van der Waals surface area contributed by atoms with E-state index in [1.165, 1.54) is 11.4 Å². The topological polar surface area (TPSA) is 55.8 Å². The monoisotopic (exact) mass is 401 g/mol. The molecule has 0 radical (unpaired) electrons. The van der Waals surface area contributed by atoms with Gasteiger partial charge in [-0.05, 0) is 29.8 Å². The highest BCUT2D eigenvalue weighted by Gasteiger charge is 2.27. The number of hydrogen-bond donors (Lipinski definition) is 0. The highest BCUT2D eigenvalue weighted by Crippen LogP contribution is 2.31. The van der Waals surface area contributed by atoms with Crippen molar-refractivity contribution < 1.29 is 17.9 Å². The predicted molar refractivity (Wildman–Crippen MR) is 98.1 cm³/mol. The molecule has 134 valence electrons. The number of nitrogens with zero attached hydrogens (tertiary/aromatic N) is 1. The molecule has 25 heavy (non-hydrogen) atoms. The molecule has 0 saturated carbocycles. The number of benzene rings is 2. The number of halogens is 2. The van der Waals surface area contributed by atoms with E-state index in [2.05, 4.69) is 0 Å². The van der Waals surface area contributed by atoms with Crippen LogP contribution in [0.25, 0.3) is 0 Å². The van der Waals surface area contributed by atoms with Crippen LogP contribution in [-0.2, 0) is 15.8 Å². The molecule has 1 aliphatic heterocycles.